The topological polar surface area (TPSA) is 114 Å². The summed E-state index contributed by atoms with van der Waals surface area (Å²) in [4.78, 5) is 12.5. The van der Waals surface area contributed by atoms with E-state index in [0.29, 0.717) is 20.7 Å². The SMILES string of the molecule is COc1ccc(Nc2nnc(SCC(=O)Nc3ccc(C)c(S(=O)(=O)N(C)C)c3)s2)cc1. The number of anilines is 3. The van der Waals surface area contributed by atoms with Gasteiger partial charge in [0.25, 0.3) is 0 Å². The summed E-state index contributed by atoms with van der Waals surface area (Å²) in [5.41, 5.74) is 1.87. The lowest BCUT2D eigenvalue weighted by Gasteiger charge is -2.15. The van der Waals surface area contributed by atoms with Crippen molar-refractivity contribution in [2.45, 2.75) is 16.2 Å². The van der Waals surface area contributed by atoms with Crippen LogP contribution in [0.15, 0.2) is 51.7 Å². The quantitative estimate of drug-likeness (QED) is 0.435. The molecule has 1 amide bonds. The van der Waals surface area contributed by atoms with Crippen molar-refractivity contribution in [3.05, 3.63) is 48.0 Å². The summed E-state index contributed by atoms with van der Waals surface area (Å²) >= 11 is 2.58. The molecule has 0 aliphatic rings. The molecule has 12 heteroatoms. The van der Waals surface area contributed by atoms with Crippen LogP contribution in [0.3, 0.4) is 0 Å². The number of nitrogens with zero attached hydrogens (tertiary/aromatic N) is 3. The average molecular weight is 494 g/mol. The van der Waals surface area contributed by atoms with Crippen molar-refractivity contribution >= 4 is 55.5 Å². The Kier molecular flexibility index (Phi) is 7.72. The monoisotopic (exact) mass is 493 g/mol. The van der Waals surface area contributed by atoms with E-state index in [0.717, 1.165) is 15.7 Å². The molecule has 0 fully saturated rings. The van der Waals surface area contributed by atoms with E-state index in [4.69, 9.17) is 4.74 Å². The number of hydrogen-bond donors (Lipinski definition) is 2. The second kappa shape index (κ2) is 10.3. The highest BCUT2D eigenvalue weighted by atomic mass is 32.2. The van der Waals surface area contributed by atoms with Crippen molar-refractivity contribution in [2.24, 2.45) is 0 Å². The van der Waals surface area contributed by atoms with Crippen LogP contribution in [-0.2, 0) is 14.8 Å². The fourth-order valence-electron chi connectivity index (χ4n) is 2.59. The molecule has 0 saturated heterocycles. The number of rotatable bonds is 9. The van der Waals surface area contributed by atoms with Crippen LogP contribution in [0.5, 0.6) is 5.75 Å². The molecule has 2 N–H and O–H groups in total. The third-order valence-corrected chi connectivity index (χ3v) is 8.23. The molecule has 170 valence electrons. The van der Waals surface area contributed by atoms with E-state index in [1.165, 1.54) is 43.3 Å². The van der Waals surface area contributed by atoms with Gasteiger partial charge in [-0.15, -0.1) is 10.2 Å². The van der Waals surface area contributed by atoms with Crippen molar-refractivity contribution in [3.8, 4) is 5.75 Å². The van der Waals surface area contributed by atoms with Crippen LogP contribution in [0.1, 0.15) is 5.56 Å². The maximum Gasteiger partial charge on any atom is 0.242 e. The molecular weight excluding hydrogens is 470 g/mol. The van der Waals surface area contributed by atoms with Crippen molar-refractivity contribution in [3.63, 3.8) is 0 Å². The van der Waals surface area contributed by atoms with Crippen LogP contribution in [0.4, 0.5) is 16.5 Å². The minimum absolute atomic E-state index is 0.112. The molecule has 0 atom stereocenters. The number of aromatic nitrogens is 2. The molecule has 0 unspecified atom stereocenters. The zero-order chi connectivity index (χ0) is 23.3. The van der Waals surface area contributed by atoms with Gasteiger partial charge in [0.2, 0.25) is 21.1 Å². The molecule has 1 aromatic heterocycles. The second-order valence-corrected chi connectivity index (χ2v) is 11.2. The maximum atomic E-state index is 12.4. The molecule has 0 saturated carbocycles. The van der Waals surface area contributed by atoms with Crippen LogP contribution < -0.4 is 15.4 Å². The Hall–Kier alpha value is -2.67. The minimum Gasteiger partial charge on any atom is -0.497 e. The lowest BCUT2D eigenvalue weighted by Crippen LogP contribution is -2.23. The van der Waals surface area contributed by atoms with E-state index in [1.54, 1.807) is 26.2 Å². The zero-order valence-electron chi connectivity index (χ0n) is 17.9. The lowest BCUT2D eigenvalue weighted by molar-refractivity contribution is -0.113. The molecule has 3 rings (SSSR count). The summed E-state index contributed by atoms with van der Waals surface area (Å²) < 4.78 is 31.8. The van der Waals surface area contributed by atoms with E-state index >= 15 is 0 Å². The average Bonchev–Trinajstić information content (AvgIpc) is 3.21. The van der Waals surface area contributed by atoms with Gasteiger partial charge in [-0.05, 0) is 48.9 Å². The van der Waals surface area contributed by atoms with Crippen LogP contribution in [-0.4, -0.2) is 55.8 Å². The Bertz CT molecular complexity index is 1190. The summed E-state index contributed by atoms with van der Waals surface area (Å²) in [5, 5.41) is 14.7. The van der Waals surface area contributed by atoms with E-state index < -0.39 is 10.0 Å². The number of thioether (sulfide) groups is 1. The predicted octanol–water partition coefficient (Wildman–Crippen LogP) is 3.58. The molecule has 0 radical (unpaired) electrons. The highest BCUT2D eigenvalue weighted by molar-refractivity contribution is 8.01. The number of sulfonamides is 1. The minimum atomic E-state index is -3.60. The van der Waals surface area contributed by atoms with Gasteiger partial charge in [-0.25, -0.2) is 12.7 Å². The van der Waals surface area contributed by atoms with Crippen LogP contribution in [0, 0.1) is 6.92 Å². The fraction of sp³-hybridized carbons (Fsp3) is 0.250. The standard InChI is InChI=1S/C20H23N5O4S3/c1-13-5-6-15(11-17(13)32(27,28)25(2)3)21-18(26)12-30-20-24-23-19(31-20)22-14-7-9-16(29-4)10-8-14/h5-11H,12H2,1-4H3,(H,21,26)(H,22,23). The molecule has 2 aromatic carbocycles. The summed E-state index contributed by atoms with van der Waals surface area (Å²) in [6.07, 6.45) is 0. The smallest absolute Gasteiger partial charge is 0.242 e. The number of carbonyl (C=O) groups is 1. The number of aryl methyl sites for hydroxylation is 1. The first-order chi connectivity index (χ1) is 15.2. The van der Waals surface area contributed by atoms with Crippen LogP contribution >= 0.6 is 23.1 Å². The molecule has 3 aromatic rings. The van der Waals surface area contributed by atoms with Gasteiger partial charge < -0.3 is 15.4 Å². The van der Waals surface area contributed by atoms with Gasteiger partial charge in [-0.3, -0.25) is 4.79 Å². The van der Waals surface area contributed by atoms with E-state index in [9.17, 15) is 13.2 Å². The third kappa shape index (κ3) is 5.97. The Morgan fingerprint density at radius 1 is 1.12 bits per heavy atom. The Labute approximate surface area is 195 Å². The first-order valence-corrected chi connectivity index (χ1v) is 12.6. The number of nitrogens with one attached hydrogen (secondary N) is 2. The van der Waals surface area contributed by atoms with Crippen molar-refractivity contribution < 1.29 is 17.9 Å². The Morgan fingerprint density at radius 3 is 2.47 bits per heavy atom. The maximum absolute atomic E-state index is 12.4. The first kappa shape index (κ1) is 24.0. The normalized spacial score (nSPS) is 11.4. The van der Waals surface area contributed by atoms with Gasteiger partial charge in [-0.1, -0.05) is 29.2 Å². The molecule has 32 heavy (non-hydrogen) atoms. The highest BCUT2D eigenvalue weighted by Crippen LogP contribution is 2.28. The van der Waals surface area contributed by atoms with E-state index in [2.05, 4.69) is 20.8 Å². The summed E-state index contributed by atoms with van der Waals surface area (Å²) in [6, 6.07) is 12.2. The predicted molar refractivity (Wildman–Crippen MR) is 128 cm³/mol. The van der Waals surface area contributed by atoms with E-state index in [-0.39, 0.29) is 16.6 Å². The molecule has 0 spiro atoms. The summed E-state index contributed by atoms with van der Waals surface area (Å²) in [6.45, 7) is 1.71. The van der Waals surface area contributed by atoms with Crippen molar-refractivity contribution in [1.82, 2.24) is 14.5 Å². The van der Waals surface area contributed by atoms with E-state index in [1.807, 2.05) is 24.3 Å². The summed E-state index contributed by atoms with van der Waals surface area (Å²) in [5.74, 6) is 0.600. The van der Waals surface area contributed by atoms with Gasteiger partial charge in [0.05, 0.1) is 17.8 Å². The van der Waals surface area contributed by atoms with Crippen LogP contribution in [0.2, 0.25) is 0 Å². The molecular formula is C20H23N5O4S3. The fourth-order valence-corrected chi connectivity index (χ4v) is 5.31. The lowest BCUT2D eigenvalue weighted by atomic mass is 10.2. The Morgan fingerprint density at radius 2 is 1.81 bits per heavy atom. The number of ether oxygens (including phenoxy) is 1. The van der Waals surface area contributed by atoms with Crippen LogP contribution in [0.25, 0.3) is 0 Å². The number of benzene rings is 2. The second-order valence-electron chi connectivity index (χ2n) is 6.83. The Balaban J connectivity index is 1.57. The largest absolute Gasteiger partial charge is 0.497 e. The highest BCUT2D eigenvalue weighted by Gasteiger charge is 2.20. The number of carbonyl (C=O) groups excluding carboxylic acids is 1. The zero-order valence-corrected chi connectivity index (χ0v) is 20.4. The van der Waals surface area contributed by atoms with Gasteiger partial charge in [0.15, 0.2) is 4.34 Å². The molecule has 0 aliphatic carbocycles. The van der Waals surface area contributed by atoms with Crippen molar-refractivity contribution in [1.29, 1.82) is 0 Å². The van der Waals surface area contributed by atoms with Gasteiger partial charge in [-0.2, -0.15) is 0 Å². The first-order valence-electron chi connectivity index (χ1n) is 9.39. The summed E-state index contributed by atoms with van der Waals surface area (Å²) in [7, 11) is 0.943. The number of amides is 1. The van der Waals surface area contributed by atoms with Gasteiger partial charge in [0.1, 0.15) is 5.75 Å². The van der Waals surface area contributed by atoms with Gasteiger partial charge >= 0.3 is 0 Å². The van der Waals surface area contributed by atoms with Crippen molar-refractivity contribution in [2.75, 3.05) is 37.6 Å². The molecule has 0 aliphatic heterocycles. The number of methoxy groups -OCH3 is 1. The molecule has 9 nitrogen and oxygen atoms in total. The third-order valence-electron chi connectivity index (χ3n) is 4.31. The molecule has 1 heterocycles. The number of hydrogen-bond acceptors (Lipinski definition) is 9. The van der Waals surface area contributed by atoms with Gasteiger partial charge in [0, 0.05) is 25.5 Å². The molecule has 0 bridgehead atoms.